The third-order valence-corrected chi connectivity index (χ3v) is 4.15. The second kappa shape index (κ2) is 5.83. The van der Waals surface area contributed by atoms with Crippen molar-refractivity contribution in [2.24, 2.45) is 5.92 Å². The number of nitrogens with one attached hydrogen (secondary N) is 1. The molecule has 104 valence electrons. The van der Waals surface area contributed by atoms with Crippen molar-refractivity contribution in [2.75, 3.05) is 26.3 Å². The summed E-state index contributed by atoms with van der Waals surface area (Å²) in [4.78, 5) is 0. The van der Waals surface area contributed by atoms with E-state index >= 15 is 0 Å². The van der Waals surface area contributed by atoms with Crippen molar-refractivity contribution in [3.63, 3.8) is 0 Å². The van der Waals surface area contributed by atoms with E-state index in [2.05, 4.69) is 24.4 Å². The highest BCUT2D eigenvalue weighted by Crippen LogP contribution is 2.34. The highest BCUT2D eigenvalue weighted by molar-refractivity contribution is 5.48. The van der Waals surface area contributed by atoms with Crippen LogP contribution in [-0.4, -0.2) is 26.3 Å². The predicted molar refractivity (Wildman–Crippen MR) is 76.1 cm³/mol. The molecule has 1 atom stereocenters. The minimum absolute atomic E-state index is 0.669. The molecule has 2 aliphatic heterocycles. The van der Waals surface area contributed by atoms with Crippen LogP contribution in [0.5, 0.6) is 11.5 Å². The predicted octanol–water partition coefficient (Wildman–Crippen LogP) is 2.56. The van der Waals surface area contributed by atoms with Gasteiger partial charge in [0.1, 0.15) is 13.2 Å². The third kappa shape index (κ3) is 2.86. The molecule has 3 heteroatoms. The molecule has 2 heterocycles. The Bertz CT molecular complexity index is 439. The number of aryl methyl sites for hydroxylation is 1. The summed E-state index contributed by atoms with van der Waals surface area (Å²) in [5.74, 6) is 2.62. The van der Waals surface area contributed by atoms with E-state index in [0.717, 1.165) is 36.8 Å². The molecule has 0 aromatic heterocycles. The normalized spacial score (nSPS) is 22.3. The smallest absolute Gasteiger partial charge is 0.161 e. The maximum Gasteiger partial charge on any atom is 0.161 e. The highest BCUT2D eigenvalue weighted by Gasteiger charge is 2.19. The molecule has 3 nitrogen and oxygen atoms in total. The second-order valence-corrected chi connectivity index (χ2v) is 5.53. The minimum atomic E-state index is 0.669. The molecule has 0 saturated carbocycles. The van der Waals surface area contributed by atoms with Crippen molar-refractivity contribution in [1.82, 2.24) is 5.32 Å². The van der Waals surface area contributed by atoms with Gasteiger partial charge in [-0.3, -0.25) is 0 Å². The summed E-state index contributed by atoms with van der Waals surface area (Å²) in [7, 11) is 0. The van der Waals surface area contributed by atoms with Crippen LogP contribution < -0.4 is 14.8 Å². The van der Waals surface area contributed by atoms with E-state index in [1.807, 2.05) is 0 Å². The monoisotopic (exact) mass is 261 g/mol. The molecule has 0 aliphatic carbocycles. The fraction of sp³-hybridized carbons (Fsp3) is 0.625. The maximum atomic E-state index is 5.71. The van der Waals surface area contributed by atoms with Crippen LogP contribution in [0, 0.1) is 5.92 Å². The van der Waals surface area contributed by atoms with E-state index in [0.29, 0.717) is 13.2 Å². The summed E-state index contributed by atoms with van der Waals surface area (Å²) >= 11 is 0. The zero-order valence-electron chi connectivity index (χ0n) is 11.7. The van der Waals surface area contributed by atoms with Crippen molar-refractivity contribution in [2.45, 2.75) is 32.6 Å². The zero-order valence-corrected chi connectivity index (χ0v) is 11.7. The Labute approximate surface area is 115 Å². The Morgan fingerprint density at radius 1 is 1.16 bits per heavy atom. The van der Waals surface area contributed by atoms with Crippen LogP contribution in [0.4, 0.5) is 0 Å². The summed E-state index contributed by atoms with van der Waals surface area (Å²) in [6, 6.07) is 4.39. The van der Waals surface area contributed by atoms with Gasteiger partial charge in [-0.1, -0.05) is 6.92 Å². The molecule has 1 aromatic carbocycles. The summed E-state index contributed by atoms with van der Waals surface area (Å²) in [5.41, 5.74) is 2.86. The molecule has 1 unspecified atom stereocenters. The fourth-order valence-corrected chi connectivity index (χ4v) is 3.10. The summed E-state index contributed by atoms with van der Waals surface area (Å²) in [6.07, 6.45) is 4.86. The molecule has 1 N–H and O–H groups in total. The van der Waals surface area contributed by atoms with E-state index in [9.17, 15) is 0 Å². The van der Waals surface area contributed by atoms with Gasteiger partial charge in [-0.05, 0) is 68.0 Å². The van der Waals surface area contributed by atoms with Gasteiger partial charge in [-0.2, -0.15) is 0 Å². The molecule has 19 heavy (non-hydrogen) atoms. The largest absolute Gasteiger partial charge is 0.486 e. The van der Waals surface area contributed by atoms with E-state index < -0.39 is 0 Å². The topological polar surface area (TPSA) is 30.5 Å². The molecular formula is C16H23NO2. The van der Waals surface area contributed by atoms with Crippen LogP contribution in [0.3, 0.4) is 0 Å². The lowest BCUT2D eigenvalue weighted by molar-refractivity contribution is 0.171. The van der Waals surface area contributed by atoms with Gasteiger partial charge < -0.3 is 14.8 Å². The Balaban J connectivity index is 1.82. The lowest BCUT2D eigenvalue weighted by atomic mass is 9.89. The first kappa shape index (κ1) is 12.8. The second-order valence-electron chi connectivity index (χ2n) is 5.53. The molecule has 0 amide bonds. The van der Waals surface area contributed by atoms with Crippen LogP contribution in [0.25, 0.3) is 0 Å². The van der Waals surface area contributed by atoms with Crippen LogP contribution >= 0.6 is 0 Å². The Kier molecular flexibility index (Phi) is 3.92. The molecular weight excluding hydrogens is 238 g/mol. The molecule has 0 spiro atoms. The van der Waals surface area contributed by atoms with Crippen molar-refractivity contribution >= 4 is 0 Å². The van der Waals surface area contributed by atoms with Crippen LogP contribution in [0.2, 0.25) is 0 Å². The molecule has 0 radical (unpaired) electrons. The van der Waals surface area contributed by atoms with E-state index in [1.165, 1.54) is 30.5 Å². The van der Waals surface area contributed by atoms with Crippen molar-refractivity contribution in [3.05, 3.63) is 23.3 Å². The lowest BCUT2D eigenvalue weighted by Gasteiger charge is -2.25. The number of benzene rings is 1. The lowest BCUT2D eigenvalue weighted by Crippen LogP contribution is -2.31. The minimum Gasteiger partial charge on any atom is -0.486 e. The van der Waals surface area contributed by atoms with Gasteiger partial charge in [0.25, 0.3) is 0 Å². The third-order valence-electron chi connectivity index (χ3n) is 4.15. The van der Waals surface area contributed by atoms with Gasteiger partial charge in [0, 0.05) is 0 Å². The Hall–Kier alpha value is -1.22. The average molecular weight is 261 g/mol. The summed E-state index contributed by atoms with van der Waals surface area (Å²) in [6.45, 7) is 5.88. The van der Waals surface area contributed by atoms with Crippen molar-refractivity contribution < 1.29 is 9.47 Å². The summed E-state index contributed by atoms with van der Waals surface area (Å²) < 4.78 is 11.4. The highest BCUT2D eigenvalue weighted by atomic mass is 16.6. The maximum absolute atomic E-state index is 5.71. The number of rotatable bonds is 3. The van der Waals surface area contributed by atoms with Gasteiger partial charge >= 0.3 is 0 Å². The zero-order chi connectivity index (χ0) is 13.1. The molecule has 1 saturated heterocycles. The van der Waals surface area contributed by atoms with Crippen LogP contribution in [0.15, 0.2) is 12.1 Å². The van der Waals surface area contributed by atoms with Crippen LogP contribution in [0.1, 0.15) is 30.9 Å². The van der Waals surface area contributed by atoms with Crippen molar-refractivity contribution in [1.29, 1.82) is 0 Å². The Morgan fingerprint density at radius 2 is 1.89 bits per heavy atom. The molecule has 1 fully saturated rings. The van der Waals surface area contributed by atoms with Gasteiger partial charge in [0.05, 0.1) is 0 Å². The van der Waals surface area contributed by atoms with E-state index in [-0.39, 0.29) is 0 Å². The molecule has 2 aliphatic rings. The number of fused-ring (bicyclic) bond motifs is 1. The molecule has 0 bridgehead atoms. The number of piperidine rings is 1. The quantitative estimate of drug-likeness (QED) is 0.907. The number of ether oxygens (including phenoxy) is 2. The van der Waals surface area contributed by atoms with Gasteiger partial charge in [-0.15, -0.1) is 0 Å². The average Bonchev–Trinajstić information content (AvgIpc) is 2.47. The molecule has 3 rings (SSSR count). The van der Waals surface area contributed by atoms with Gasteiger partial charge in [-0.25, -0.2) is 0 Å². The standard InChI is InChI=1S/C16H23NO2/c1-2-13-9-15-16(19-7-6-18-15)10-14(13)8-12-4-3-5-17-11-12/h9-10,12,17H,2-8,11H2,1H3. The van der Waals surface area contributed by atoms with E-state index in [1.54, 1.807) is 0 Å². The first-order valence-electron chi connectivity index (χ1n) is 7.49. The molecule has 1 aromatic rings. The van der Waals surface area contributed by atoms with E-state index in [4.69, 9.17) is 9.47 Å². The fourth-order valence-electron chi connectivity index (χ4n) is 3.10. The first-order valence-corrected chi connectivity index (χ1v) is 7.49. The van der Waals surface area contributed by atoms with Gasteiger partial charge in [0.2, 0.25) is 0 Å². The Morgan fingerprint density at radius 3 is 2.53 bits per heavy atom. The van der Waals surface area contributed by atoms with Crippen LogP contribution in [-0.2, 0) is 12.8 Å². The SMILES string of the molecule is CCc1cc2c(cc1CC1CCCNC1)OCCO2. The number of hydrogen-bond acceptors (Lipinski definition) is 3. The summed E-state index contributed by atoms with van der Waals surface area (Å²) in [5, 5.41) is 3.50. The van der Waals surface area contributed by atoms with Gasteiger partial charge in [0.15, 0.2) is 11.5 Å². The first-order chi connectivity index (χ1) is 9.36. The number of hydrogen-bond donors (Lipinski definition) is 1. The van der Waals surface area contributed by atoms with Crippen molar-refractivity contribution in [3.8, 4) is 11.5 Å².